The molecule has 1 saturated heterocycles. The van der Waals surface area contributed by atoms with E-state index in [9.17, 15) is 24.8 Å². The second-order valence-corrected chi connectivity index (χ2v) is 7.76. The zero-order valence-electron chi connectivity index (χ0n) is 18.5. The SMILES string of the molecule is C=CCOc1ccc(/C(O)=C2\C(=O)C(=O)N(Cc3cccnc3)C2c2ccc([N+](=O)[O-])cc2)cc1. The molecule has 0 aliphatic carbocycles. The van der Waals surface area contributed by atoms with Gasteiger partial charge in [0.15, 0.2) is 0 Å². The summed E-state index contributed by atoms with van der Waals surface area (Å²) >= 11 is 0. The van der Waals surface area contributed by atoms with Gasteiger partial charge in [0.1, 0.15) is 18.1 Å². The summed E-state index contributed by atoms with van der Waals surface area (Å²) in [5.74, 6) is -1.44. The third-order valence-corrected chi connectivity index (χ3v) is 5.53. The number of carbonyl (C=O) groups excluding carboxylic acids is 2. The number of hydrogen-bond acceptors (Lipinski definition) is 7. The van der Waals surface area contributed by atoms with Crippen LogP contribution in [0.25, 0.3) is 5.76 Å². The number of non-ortho nitro benzene ring substituents is 1. The maximum atomic E-state index is 13.1. The molecule has 176 valence electrons. The number of aliphatic hydroxyl groups is 1. The third kappa shape index (κ3) is 4.79. The standard InChI is InChI=1S/C26H21N3O6/c1-2-14-35-21-11-7-19(8-12-21)24(30)22-23(18-5-9-20(10-6-18)29(33)34)28(26(32)25(22)31)16-17-4-3-13-27-15-17/h2-13,15,23,30H,1,14,16H2/b24-22+. The van der Waals surface area contributed by atoms with Gasteiger partial charge in [0.2, 0.25) is 0 Å². The quantitative estimate of drug-likeness (QED) is 0.131. The number of rotatable bonds is 8. The predicted molar refractivity (Wildman–Crippen MR) is 127 cm³/mol. The normalized spacial score (nSPS) is 16.8. The number of nitro benzene ring substituents is 1. The zero-order valence-corrected chi connectivity index (χ0v) is 18.5. The van der Waals surface area contributed by atoms with Gasteiger partial charge in [-0.1, -0.05) is 18.7 Å². The molecule has 1 unspecified atom stereocenters. The number of aromatic nitrogens is 1. The molecule has 1 aromatic heterocycles. The highest BCUT2D eigenvalue weighted by atomic mass is 16.6. The molecule has 4 rings (SSSR count). The van der Waals surface area contributed by atoms with Crippen LogP contribution in [0.2, 0.25) is 0 Å². The first-order valence-corrected chi connectivity index (χ1v) is 10.7. The van der Waals surface area contributed by atoms with Crippen molar-refractivity contribution in [2.24, 2.45) is 0 Å². The number of pyridine rings is 1. The molecule has 1 atom stereocenters. The van der Waals surface area contributed by atoms with Crippen molar-refractivity contribution in [1.29, 1.82) is 0 Å². The second kappa shape index (κ2) is 10.0. The van der Waals surface area contributed by atoms with Crippen molar-refractivity contribution in [1.82, 2.24) is 9.88 Å². The molecule has 1 N–H and O–H groups in total. The molecule has 0 saturated carbocycles. The number of benzene rings is 2. The number of Topliss-reactive ketones (excluding diaryl/α,β-unsaturated/α-hetero) is 1. The first kappa shape index (κ1) is 23.4. The Morgan fingerprint density at radius 2 is 1.86 bits per heavy atom. The summed E-state index contributed by atoms with van der Waals surface area (Å²) in [7, 11) is 0. The van der Waals surface area contributed by atoms with Crippen LogP contribution in [0.15, 0.2) is 91.3 Å². The molecule has 1 fully saturated rings. The van der Waals surface area contributed by atoms with Crippen LogP contribution in [0.5, 0.6) is 5.75 Å². The van der Waals surface area contributed by atoms with Gasteiger partial charge < -0.3 is 14.7 Å². The molecule has 1 amide bonds. The van der Waals surface area contributed by atoms with E-state index in [2.05, 4.69) is 11.6 Å². The smallest absolute Gasteiger partial charge is 0.295 e. The van der Waals surface area contributed by atoms with Gasteiger partial charge in [-0.25, -0.2) is 0 Å². The maximum absolute atomic E-state index is 13.1. The molecule has 2 heterocycles. The van der Waals surface area contributed by atoms with Crippen LogP contribution in [-0.2, 0) is 16.1 Å². The van der Waals surface area contributed by atoms with Crippen molar-refractivity contribution >= 4 is 23.1 Å². The lowest BCUT2D eigenvalue weighted by atomic mass is 9.95. The van der Waals surface area contributed by atoms with E-state index >= 15 is 0 Å². The van der Waals surface area contributed by atoms with Gasteiger partial charge in [-0.05, 0) is 53.6 Å². The number of aliphatic hydroxyl groups excluding tert-OH is 1. The Balaban J connectivity index is 1.79. The first-order chi connectivity index (χ1) is 16.9. The topological polar surface area (TPSA) is 123 Å². The average molecular weight is 471 g/mol. The van der Waals surface area contributed by atoms with Gasteiger partial charge in [0.25, 0.3) is 17.4 Å². The Morgan fingerprint density at radius 3 is 2.46 bits per heavy atom. The Labute approximate surface area is 200 Å². The second-order valence-electron chi connectivity index (χ2n) is 7.76. The highest BCUT2D eigenvalue weighted by molar-refractivity contribution is 6.46. The Kier molecular flexibility index (Phi) is 6.68. The highest BCUT2D eigenvalue weighted by Gasteiger charge is 2.46. The van der Waals surface area contributed by atoms with Crippen molar-refractivity contribution in [3.8, 4) is 5.75 Å². The Bertz CT molecular complexity index is 1300. The van der Waals surface area contributed by atoms with Crippen LogP contribution < -0.4 is 4.74 Å². The largest absolute Gasteiger partial charge is 0.507 e. The molecule has 1 aliphatic heterocycles. The van der Waals surface area contributed by atoms with Crippen molar-refractivity contribution in [2.45, 2.75) is 12.6 Å². The number of nitro groups is 1. The Hall–Kier alpha value is -4.79. The molecular weight excluding hydrogens is 450 g/mol. The van der Waals surface area contributed by atoms with Gasteiger partial charge in [-0.3, -0.25) is 24.7 Å². The van der Waals surface area contributed by atoms with Gasteiger partial charge in [-0.15, -0.1) is 0 Å². The van der Waals surface area contributed by atoms with E-state index < -0.39 is 22.7 Å². The molecule has 0 radical (unpaired) electrons. The monoisotopic (exact) mass is 471 g/mol. The van der Waals surface area contributed by atoms with Gasteiger partial charge >= 0.3 is 0 Å². The van der Waals surface area contributed by atoms with E-state index in [1.165, 1.54) is 29.2 Å². The summed E-state index contributed by atoms with van der Waals surface area (Å²) in [6.45, 7) is 3.96. The van der Waals surface area contributed by atoms with Gasteiger partial charge in [0.05, 0.1) is 16.5 Å². The number of amides is 1. The molecule has 9 nitrogen and oxygen atoms in total. The van der Waals surface area contributed by atoms with Crippen LogP contribution in [-0.4, -0.2) is 38.2 Å². The summed E-state index contributed by atoms with van der Waals surface area (Å²) < 4.78 is 5.45. The first-order valence-electron chi connectivity index (χ1n) is 10.7. The molecule has 0 spiro atoms. The lowest BCUT2D eigenvalue weighted by Gasteiger charge is -2.25. The van der Waals surface area contributed by atoms with E-state index in [1.54, 1.807) is 54.9 Å². The number of nitrogens with zero attached hydrogens (tertiary/aromatic N) is 3. The van der Waals surface area contributed by atoms with E-state index in [1.807, 2.05) is 0 Å². The van der Waals surface area contributed by atoms with Crippen molar-refractivity contribution in [3.63, 3.8) is 0 Å². The van der Waals surface area contributed by atoms with E-state index in [0.29, 0.717) is 29.0 Å². The molecule has 3 aromatic rings. The molecular formula is C26H21N3O6. The third-order valence-electron chi connectivity index (χ3n) is 5.53. The fraction of sp³-hybridized carbons (Fsp3) is 0.115. The van der Waals surface area contributed by atoms with Crippen LogP contribution in [0.4, 0.5) is 5.69 Å². The number of likely N-dealkylation sites (tertiary alicyclic amines) is 1. The minimum atomic E-state index is -0.951. The van der Waals surface area contributed by atoms with Crippen molar-refractivity contribution in [2.75, 3.05) is 6.61 Å². The number of ether oxygens (including phenoxy) is 1. The highest BCUT2D eigenvalue weighted by Crippen LogP contribution is 2.40. The Morgan fingerprint density at radius 1 is 1.14 bits per heavy atom. The summed E-state index contributed by atoms with van der Waals surface area (Å²) in [5, 5.41) is 22.2. The van der Waals surface area contributed by atoms with E-state index in [4.69, 9.17) is 4.74 Å². The average Bonchev–Trinajstić information content (AvgIpc) is 3.13. The van der Waals surface area contributed by atoms with Gasteiger partial charge in [0, 0.05) is 36.6 Å². The molecule has 0 bridgehead atoms. The van der Waals surface area contributed by atoms with Crippen molar-refractivity contribution in [3.05, 3.63) is 118 Å². The van der Waals surface area contributed by atoms with Crippen molar-refractivity contribution < 1.29 is 24.4 Å². The number of ketones is 1. The predicted octanol–water partition coefficient (Wildman–Crippen LogP) is 4.18. The number of carbonyl (C=O) groups is 2. The fourth-order valence-electron chi connectivity index (χ4n) is 3.88. The molecule has 35 heavy (non-hydrogen) atoms. The molecule has 9 heteroatoms. The van der Waals surface area contributed by atoms with Gasteiger partial charge in [-0.2, -0.15) is 0 Å². The molecule has 1 aliphatic rings. The number of hydrogen-bond donors (Lipinski definition) is 1. The lowest BCUT2D eigenvalue weighted by Crippen LogP contribution is -2.29. The summed E-state index contributed by atoms with van der Waals surface area (Å²) in [4.78, 5) is 42.1. The maximum Gasteiger partial charge on any atom is 0.295 e. The summed E-state index contributed by atoms with van der Waals surface area (Å²) in [6, 6.07) is 14.5. The minimum Gasteiger partial charge on any atom is -0.507 e. The summed E-state index contributed by atoms with van der Waals surface area (Å²) in [6.07, 6.45) is 4.77. The van der Waals surface area contributed by atoms with Crippen LogP contribution in [0.1, 0.15) is 22.7 Å². The zero-order chi connectivity index (χ0) is 24.9. The van der Waals surface area contributed by atoms with Crippen LogP contribution >= 0.6 is 0 Å². The fourth-order valence-corrected chi connectivity index (χ4v) is 3.88. The lowest BCUT2D eigenvalue weighted by molar-refractivity contribution is -0.384. The van der Waals surface area contributed by atoms with Crippen LogP contribution in [0.3, 0.4) is 0 Å². The van der Waals surface area contributed by atoms with E-state index in [0.717, 1.165) is 0 Å². The molecule has 2 aromatic carbocycles. The van der Waals surface area contributed by atoms with E-state index in [-0.39, 0.29) is 23.6 Å². The minimum absolute atomic E-state index is 0.0607. The van der Waals surface area contributed by atoms with Crippen LogP contribution in [0, 0.1) is 10.1 Å². The summed E-state index contributed by atoms with van der Waals surface area (Å²) in [5.41, 5.74) is 1.22.